The molecule has 5 nitrogen and oxygen atoms in total. The molecule has 174 valence electrons. The summed E-state index contributed by atoms with van der Waals surface area (Å²) < 4.78 is 20.4. The molecule has 0 amide bonds. The highest BCUT2D eigenvalue weighted by molar-refractivity contribution is 7.22. The lowest BCUT2D eigenvalue weighted by Gasteiger charge is -2.30. The Balaban J connectivity index is 1.37. The molecular formula is C27H25FN2O3S. The van der Waals surface area contributed by atoms with Gasteiger partial charge in [0.05, 0.1) is 17.6 Å². The first-order chi connectivity index (χ1) is 16.4. The number of aryl methyl sites for hydroxylation is 1. The van der Waals surface area contributed by atoms with Gasteiger partial charge in [0.15, 0.2) is 0 Å². The topological polar surface area (TPSA) is 55.6 Å². The smallest absolute Gasteiger partial charge is 0.270 e. The summed E-state index contributed by atoms with van der Waals surface area (Å²) in [5.41, 5.74) is 4.71. The quantitative estimate of drug-likeness (QED) is 0.219. The van der Waals surface area contributed by atoms with E-state index < -0.39 is 0 Å². The SMILES string of the molecule is CN(C)C(CCc1ccc(F)cc1)C1OCc2cc(-c3cc4ccc([N+](=O)[O-])cc4s3)ccc21. The van der Waals surface area contributed by atoms with Gasteiger partial charge in [0.25, 0.3) is 5.69 Å². The van der Waals surface area contributed by atoms with E-state index in [4.69, 9.17) is 4.74 Å². The van der Waals surface area contributed by atoms with Gasteiger partial charge in [0, 0.05) is 27.8 Å². The van der Waals surface area contributed by atoms with Crippen LogP contribution in [0.5, 0.6) is 0 Å². The third-order valence-corrected chi connectivity index (χ3v) is 7.67. The molecule has 1 aliphatic rings. The molecule has 0 bridgehead atoms. The van der Waals surface area contributed by atoms with Crippen molar-refractivity contribution in [3.05, 3.63) is 99.4 Å². The maximum absolute atomic E-state index is 13.2. The Morgan fingerprint density at radius 1 is 1.12 bits per heavy atom. The number of hydrogen-bond acceptors (Lipinski definition) is 5. The van der Waals surface area contributed by atoms with Crippen LogP contribution in [-0.4, -0.2) is 30.0 Å². The van der Waals surface area contributed by atoms with E-state index in [-0.39, 0.29) is 28.6 Å². The van der Waals surface area contributed by atoms with Crippen molar-refractivity contribution < 1.29 is 14.1 Å². The van der Waals surface area contributed by atoms with Crippen LogP contribution in [0.2, 0.25) is 0 Å². The molecule has 4 aromatic rings. The monoisotopic (exact) mass is 476 g/mol. The lowest BCUT2D eigenvalue weighted by Crippen LogP contribution is -2.34. The molecule has 0 saturated heterocycles. The zero-order chi connectivity index (χ0) is 23.8. The number of hydrogen-bond donors (Lipinski definition) is 0. The van der Waals surface area contributed by atoms with E-state index in [2.05, 4.69) is 43.3 Å². The molecule has 3 aromatic carbocycles. The van der Waals surface area contributed by atoms with Crippen LogP contribution >= 0.6 is 11.3 Å². The van der Waals surface area contributed by atoms with Crippen LogP contribution < -0.4 is 0 Å². The number of fused-ring (bicyclic) bond motifs is 2. The fraction of sp³-hybridized carbons (Fsp3) is 0.259. The van der Waals surface area contributed by atoms with Gasteiger partial charge in [-0.2, -0.15) is 0 Å². The number of nitro benzene ring substituents is 1. The van der Waals surface area contributed by atoms with Crippen LogP contribution in [0.1, 0.15) is 29.2 Å². The van der Waals surface area contributed by atoms with Crippen LogP contribution in [-0.2, 0) is 17.8 Å². The normalized spacial score (nSPS) is 16.2. The molecule has 2 heterocycles. The van der Waals surface area contributed by atoms with Crippen molar-refractivity contribution in [3.63, 3.8) is 0 Å². The largest absolute Gasteiger partial charge is 0.367 e. The van der Waals surface area contributed by atoms with Crippen molar-refractivity contribution in [1.29, 1.82) is 0 Å². The lowest BCUT2D eigenvalue weighted by molar-refractivity contribution is -0.384. The highest BCUT2D eigenvalue weighted by atomic mass is 32.1. The predicted molar refractivity (Wildman–Crippen MR) is 134 cm³/mol. The fourth-order valence-electron chi connectivity index (χ4n) is 4.67. The number of likely N-dealkylation sites (N-methyl/N-ethyl adjacent to an activating group) is 1. The third kappa shape index (κ3) is 4.46. The van der Waals surface area contributed by atoms with Crippen molar-refractivity contribution >= 4 is 27.1 Å². The third-order valence-electron chi connectivity index (χ3n) is 6.52. The minimum atomic E-state index is -0.358. The Morgan fingerprint density at radius 3 is 2.65 bits per heavy atom. The Kier molecular flexibility index (Phi) is 6.16. The van der Waals surface area contributed by atoms with Crippen molar-refractivity contribution in [1.82, 2.24) is 4.90 Å². The number of halogens is 1. The minimum Gasteiger partial charge on any atom is -0.367 e. The van der Waals surface area contributed by atoms with E-state index in [0.29, 0.717) is 6.61 Å². The Hall–Kier alpha value is -3.13. The molecule has 34 heavy (non-hydrogen) atoms. The second-order valence-corrected chi connectivity index (χ2v) is 10.0. The van der Waals surface area contributed by atoms with E-state index in [1.54, 1.807) is 23.5 Å². The molecule has 1 aromatic heterocycles. The number of rotatable bonds is 7. The van der Waals surface area contributed by atoms with Gasteiger partial charge in [-0.25, -0.2) is 4.39 Å². The zero-order valence-corrected chi connectivity index (χ0v) is 19.8. The zero-order valence-electron chi connectivity index (χ0n) is 19.0. The second-order valence-electron chi connectivity index (χ2n) is 8.93. The number of benzene rings is 3. The van der Waals surface area contributed by atoms with Gasteiger partial charge in [-0.1, -0.05) is 24.3 Å². The summed E-state index contributed by atoms with van der Waals surface area (Å²) in [5.74, 6) is -0.214. The summed E-state index contributed by atoms with van der Waals surface area (Å²) in [6.07, 6.45) is 1.73. The van der Waals surface area contributed by atoms with Crippen LogP contribution in [0.3, 0.4) is 0 Å². The molecule has 0 fully saturated rings. The lowest BCUT2D eigenvalue weighted by atomic mass is 9.93. The highest BCUT2D eigenvalue weighted by Crippen LogP contribution is 2.41. The van der Waals surface area contributed by atoms with Crippen LogP contribution in [0.25, 0.3) is 20.5 Å². The first-order valence-corrected chi connectivity index (χ1v) is 12.0. The standard InChI is InChI=1S/C27H25FN2O3S/c1-29(2)24(12-5-17-3-8-21(28)9-4-17)27-23-11-7-18(13-20(23)16-33-27)25-14-19-6-10-22(30(31)32)15-26(19)34-25/h3-4,6-11,13-15,24,27H,5,12,16H2,1-2H3. The van der Waals surface area contributed by atoms with E-state index in [0.717, 1.165) is 38.9 Å². The number of ether oxygens (including phenoxy) is 1. The molecule has 2 atom stereocenters. The molecule has 0 radical (unpaired) electrons. The molecule has 0 saturated carbocycles. The molecular weight excluding hydrogens is 451 g/mol. The summed E-state index contributed by atoms with van der Waals surface area (Å²) in [6, 6.07) is 20.4. The van der Waals surface area contributed by atoms with E-state index in [9.17, 15) is 14.5 Å². The number of non-ortho nitro benzene ring substituents is 1. The van der Waals surface area contributed by atoms with Gasteiger partial charge in [-0.05, 0) is 84.9 Å². The van der Waals surface area contributed by atoms with Gasteiger partial charge >= 0.3 is 0 Å². The van der Waals surface area contributed by atoms with Crippen LogP contribution in [0, 0.1) is 15.9 Å². The first kappa shape index (κ1) is 22.7. The summed E-state index contributed by atoms with van der Waals surface area (Å²) in [5, 5.41) is 12.1. The van der Waals surface area contributed by atoms with Crippen LogP contribution in [0.15, 0.2) is 66.7 Å². The van der Waals surface area contributed by atoms with Gasteiger partial charge < -0.3 is 9.64 Å². The maximum Gasteiger partial charge on any atom is 0.270 e. The second kappa shape index (κ2) is 9.25. The van der Waals surface area contributed by atoms with Crippen LogP contribution in [0.4, 0.5) is 10.1 Å². The molecule has 2 unspecified atom stereocenters. The molecule has 5 rings (SSSR count). The fourth-order valence-corrected chi connectivity index (χ4v) is 5.76. The minimum absolute atomic E-state index is 0.0236. The average Bonchev–Trinajstić information content (AvgIpc) is 3.43. The Morgan fingerprint density at radius 2 is 1.91 bits per heavy atom. The first-order valence-electron chi connectivity index (χ1n) is 11.2. The molecule has 0 aliphatic carbocycles. The molecule has 0 N–H and O–H groups in total. The van der Waals surface area contributed by atoms with E-state index >= 15 is 0 Å². The summed E-state index contributed by atoms with van der Waals surface area (Å²) >= 11 is 1.57. The number of nitrogens with zero attached hydrogens (tertiary/aromatic N) is 2. The molecule has 0 spiro atoms. The summed E-state index contributed by atoms with van der Waals surface area (Å²) in [4.78, 5) is 14.0. The highest BCUT2D eigenvalue weighted by Gasteiger charge is 2.32. The van der Waals surface area contributed by atoms with Gasteiger partial charge in [0.2, 0.25) is 0 Å². The average molecular weight is 477 g/mol. The summed E-state index contributed by atoms with van der Waals surface area (Å²) in [7, 11) is 4.14. The van der Waals surface area contributed by atoms with E-state index in [1.165, 1.54) is 23.3 Å². The Labute approximate surface area is 201 Å². The van der Waals surface area contributed by atoms with E-state index in [1.807, 2.05) is 18.2 Å². The van der Waals surface area contributed by atoms with Crippen molar-refractivity contribution in [2.24, 2.45) is 0 Å². The van der Waals surface area contributed by atoms with Crippen molar-refractivity contribution in [2.45, 2.75) is 31.6 Å². The summed E-state index contributed by atoms with van der Waals surface area (Å²) in [6.45, 7) is 0.561. The van der Waals surface area contributed by atoms with Gasteiger partial charge in [0.1, 0.15) is 5.82 Å². The van der Waals surface area contributed by atoms with Crippen molar-refractivity contribution in [3.8, 4) is 10.4 Å². The maximum atomic E-state index is 13.2. The predicted octanol–water partition coefficient (Wildman–Crippen LogP) is 6.75. The molecule has 1 aliphatic heterocycles. The van der Waals surface area contributed by atoms with Gasteiger partial charge in [-0.3, -0.25) is 10.1 Å². The number of thiophene rings is 1. The number of nitro groups is 1. The van der Waals surface area contributed by atoms with Crippen molar-refractivity contribution in [2.75, 3.05) is 14.1 Å². The van der Waals surface area contributed by atoms with Gasteiger partial charge in [-0.15, -0.1) is 11.3 Å². The Bertz CT molecular complexity index is 1350. The molecule has 7 heteroatoms.